The third kappa shape index (κ3) is 2.43. The third-order valence-electron chi connectivity index (χ3n) is 3.82. The van der Waals surface area contributed by atoms with Crippen molar-refractivity contribution < 1.29 is 9.59 Å². The highest BCUT2D eigenvalue weighted by atomic mass is 16.1. The van der Waals surface area contributed by atoms with Crippen LogP contribution in [0.15, 0.2) is 0 Å². The van der Waals surface area contributed by atoms with Crippen molar-refractivity contribution in [1.82, 2.24) is 10.2 Å². The van der Waals surface area contributed by atoms with Crippen LogP contribution < -0.4 is 5.32 Å². The Morgan fingerprint density at radius 1 is 1.38 bits per heavy atom. The molecule has 0 spiro atoms. The summed E-state index contributed by atoms with van der Waals surface area (Å²) in [6.45, 7) is 0.808. The van der Waals surface area contributed by atoms with Gasteiger partial charge in [0.05, 0.1) is 0 Å². The van der Waals surface area contributed by atoms with Crippen LogP contribution in [0.2, 0.25) is 0 Å². The van der Waals surface area contributed by atoms with Crippen LogP contribution in [0, 0.1) is 0 Å². The zero-order valence-corrected chi connectivity index (χ0v) is 9.87. The number of nitrogens with zero attached hydrogens (tertiary/aromatic N) is 1. The average molecular weight is 224 g/mol. The van der Waals surface area contributed by atoms with Gasteiger partial charge in [0, 0.05) is 44.9 Å². The Hall–Kier alpha value is -0.900. The molecule has 2 fully saturated rings. The summed E-state index contributed by atoms with van der Waals surface area (Å²) < 4.78 is 0. The molecule has 2 heterocycles. The lowest BCUT2D eigenvalue weighted by molar-refractivity contribution is -0.127. The zero-order valence-electron chi connectivity index (χ0n) is 9.87. The minimum Gasteiger partial charge on any atom is -0.359 e. The normalized spacial score (nSPS) is 30.2. The largest absolute Gasteiger partial charge is 0.359 e. The summed E-state index contributed by atoms with van der Waals surface area (Å²) >= 11 is 0. The second-order valence-electron chi connectivity index (χ2n) is 4.85. The van der Waals surface area contributed by atoms with Crippen molar-refractivity contribution in [3.8, 4) is 0 Å². The molecule has 1 N–H and O–H groups in total. The van der Waals surface area contributed by atoms with Gasteiger partial charge in [-0.25, -0.2) is 0 Å². The van der Waals surface area contributed by atoms with Crippen molar-refractivity contribution in [2.75, 3.05) is 13.6 Å². The summed E-state index contributed by atoms with van der Waals surface area (Å²) in [5.74, 6) is 0.501. The lowest BCUT2D eigenvalue weighted by Crippen LogP contribution is -2.53. The molecule has 4 nitrogen and oxygen atoms in total. The molecule has 90 valence electrons. The fraction of sp³-hybridized carbons (Fsp3) is 0.833. The van der Waals surface area contributed by atoms with Gasteiger partial charge < -0.3 is 5.32 Å². The van der Waals surface area contributed by atoms with E-state index in [1.54, 1.807) is 7.05 Å². The summed E-state index contributed by atoms with van der Waals surface area (Å²) in [5.41, 5.74) is 0. The Bertz CT molecular complexity index is 275. The molecule has 16 heavy (non-hydrogen) atoms. The summed E-state index contributed by atoms with van der Waals surface area (Å²) in [6.07, 6.45) is 5.43. The van der Waals surface area contributed by atoms with Gasteiger partial charge in [0.15, 0.2) is 0 Å². The highest BCUT2D eigenvalue weighted by Crippen LogP contribution is 2.32. The lowest BCUT2D eigenvalue weighted by atomic mass is 9.83. The molecule has 0 aromatic rings. The van der Waals surface area contributed by atoms with Gasteiger partial charge in [-0.15, -0.1) is 0 Å². The summed E-state index contributed by atoms with van der Waals surface area (Å²) in [4.78, 5) is 25.1. The van der Waals surface area contributed by atoms with Crippen molar-refractivity contribution in [1.29, 1.82) is 0 Å². The molecule has 0 aliphatic carbocycles. The van der Waals surface area contributed by atoms with Crippen LogP contribution in [0.5, 0.6) is 0 Å². The van der Waals surface area contributed by atoms with Crippen LogP contribution in [0.25, 0.3) is 0 Å². The number of hydrogen-bond acceptors (Lipinski definition) is 3. The topological polar surface area (TPSA) is 49.4 Å². The van der Waals surface area contributed by atoms with E-state index in [1.807, 2.05) is 0 Å². The second kappa shape index (κ2) is 4.95. The molecule has 0 aromatic carbocycles. The van der Waals surface area contributed by atoms with E-state index in [0.29, 0.717) is 37.1 Å². The quantitative estimate of drug-likeness (QED) is 0.768. The maximum atomic E-state index is 11.5. The molecule has 1 amide bonds. The molecule has 2 aliphatic heterocycles. The number of hydrogen-bond donors (Lipinski definition) is 1. The predicted octanol–water partition coefficient (Wildman–Crippen LogP) is 0.708. The number of nitrogens with one attached hydrogen (secondary N) is 1. The van der Waals surface area contributed by atoms with Crippen molar-refractivity contribution in [3.63, 3.8) is 0 Å². The van der Waals surface area contributed by atoms with Crippen molar-refractivity contribution in [3.05, 3.63) is 0 Å². The Kier molecular flexibility index (Phi) is 3.59. The van der Waals surface area contributed by atoms with Crippen molar-refractivity contribution in [2.24, 2.45) is 0 Å². The summed E-state index contributed by atoms with van der Waals surface area (Å²) in [6, 6.07) is 0.814. The number of carbonyl (C=O) groups is 2. The molecular formula is C12H20N2O2. The van der Waals surface area contributed by atoms with Crippen LogP contribution in [0.4, 0.5) is 0 Å². The van der Waals surface area contributed by atoms with E-state index in [1.165, 1.54) is 6.42 Å². The number of amides is 1. The fourth-order valence-corrected chi connectivity index (χ4v) is 2.99. The highest BCUT2D eigenvalue weighted by molar-refractivity contribution is 5.80. The maximum absolute atomic E-state index is 11.5. The second-order valence-corrected chi connectivity index (χ2v) is 4.85. The molecule has 2 atom stereocenters. The van der Waals surface area contributed by atoms with Crippen LogP contribution in [-0.4, -0.2) is 42.3 Å². The monoisotopic (exact) mass is 224 g/mol. The summed E-state index contributed by atoms with van der Waals surface area (Å²) in [7, 11) is 1.67. The minimum absolute atomic E-state index is 0.0926. The molecule has 0 saturated carbocycles. The molecular weight excluding hydrogens is 204 g/mol. The first-order valence-electron chi connectivity index (χ1n) is 6.18. The Balaban J connectivity index is 1.93. The van der Waals surface area contributed by atoms with Gasteiger partial charge in [-0.05, 0) is 12.8 Å². The number of ketones is 1. The predicted molar refractivity (Wildman–Crippen MR) is 61.1 cm³/mol. The zero-order chi connectivity index (χ0) is 11.5. The van der Waals surface area contributed by atoms with Gasteiger partial charge >= 0.3 is 0 Å². The maximum Gasteiger partial charge on any atom is 0.221 e. The molecule has 2 bridgehead atoms. The van der Waals surface area contributed by atoms with Crippen LogP contribution in [0.1, 0.15) is 38.5 Å². The molecule has 0 aromatic heterocycles. The van der Waals surface area contributed by atoms with Gasteiger partial charge in [-0.1, -0.05) is 6.42 Å². The van der Waals surface area contributed by atoms with Gasteiger partial charge in [-0.3, -0.25) is 14.5 Å². The standard InChI is InChI=1S/C12H20N2O2/c1-13-12(16)5-6-14-9-3-2-4-10(14)8-11(15)7-9/h9-10H,2-8H2,1H3,(H,13,16). The Labute approximate surface area is 96.4 Å². The highest BCUT2D eigenvalue weighted by Gasteiger charge is 2.37. The van der Waals surface area contributed by atoms with Gasteiger partial charge in [0.1, 0.15) is 5.78 Å². The van der Waals surface area contributed by atoms with E-state index in [0.717, 1.165) is 19.4 Å². The fourth-order valence-electron chi connectivity index (χ4n) is 2.99. The van der Waals surface area contributed by atoms with Gasteiger partial charge in [0.25, 0.3) is 0 Å². The first-order valence-corrected chi connectivity index (χ1v) is 6.18. The van der Waals surface area contributed by atoms with Crippen LogP contribution in [0.3, 0.4) is 0 Å². The molecule has 4 heteroatoms. The van der Waals surface area contributed by atoms with Gasteiger partial charge in [0.2, 0.25) is 5.91 Å². The van der Waals surface area contributed by atoms with E-state index >= 15 is 0 Å². The van der Waals surface area contributed by atoms with E-state index in [9.17, 15) is 9.59 Å². The lowest BCUT2D eigenvalue weighted by Gasteiger charge is -2.45. The summed E-state index contributed by atoms with van der Waals surface area (Å²) in [5, 5.41) is 2.65. The van der Waals surface area contributed by atoms with E-state index in [2.05, 4.69) is 10.2 Å². The third-order valence-corrected chi connectivity index (χ3v) is 3.82. The van der Waals surface area contributed by atoms with Crippen LogP contribution in [-0.2, 0) is 9.59 Å². The molecule has 2 rings (SSSR count). The van der Waals surface area contributed by atoms with Gasteiger partial charge in [-0.2, -0.15) is 0 Å². The van der Waals surface area contributed by atoms with E-state index < -0.39 is 0 Å². The minimum atomic E-state index is 0.0926. The SMILES string of the molecule is CNC(=O)CCN1C2CCCC1CC(=O)C2. The first kappa shape index (κ1) is 11.6. The first-order chi connectivity index (χ1) is 7.70. The average Bonchev–Trinajstić information content (AvgIpc) is 2.25. The number of fused-ring (bicyclic) bond motifs is 2. The number of carbonyl (C=O) groups excluding carboxylic acids is 2. The number of Topliss-reactive ketones (excluding diaryl/α,β-unsaturated/α-hetero) is 1. The van der Waals surface area contributed by atoms with E-state index in [-0.39, 0.29) is 5.91 Å². The number of piperidine rings is 2. The smallest absolute Gasteiger partial charge is 0.221 e. The Morgan fingerprint density at radius 3 is 2.56 bits per heavy atom. The number of rotatable bonds is 3. The van der Waals surface area contributed by atoms with E-state index in [4.69, 9.17) is 0 Å². The van der Waals surface area contributed by atoms with Crippen LogP contribution >= 0.6 is 0 Å². The molecule has 0 radical (unpaired) electrons. The molecule has 2 unspecified atom stereocenters. The molecule has 2 aliphatic rings. The Morgan fingerprint density at radius 2 is 2.00 bits per heavy atom. The molecule has 2 saturated heterocycles. The van der Waals surface area contributed by atoms with Crippen molar-refractivity contribution in [2.45, 2.75) is 50.6 Å². The van der Waals surface area contributed by atoms with Crippen molar-refractivity contribution >= 4 is 11.7 Å².